The zero-order valence-electron chi connectivity index (χ0n) is 19.1. The van der Waals surface area contributed by atoms with Gasteiger partial charge in [-0.3, -0.25) is 4.40 Å². The van der Waals surface area contributed by atoms with Crippen LogP contribution in [-0.2, 0) is 0 Å². The normalized spacial score (nSPS) is 10.8. The van der Waals surface area contributed by atoms with Gasteiger partial charge in [0.25, 0.3) is 0 Å². The third-order valence-electron chi connectivity index (χ3n) is 5.97. The summed E-state index contributed by atoms with van der Waals surface area (Å²) in [6, 6.07) is 39.8. The molecule has 0 bridgehead atoms. The summed E-state index contributed by atoms with van der Waals surface area (Å²) in [5, 5.41) is 0. The molecular weight excluding hydrogens is 516 g/mol. The summed E-state index contributed by atoms with van der Waals surface area (Å²) in [4.78, 5) is 7.36. The Morgan fingerprint density at radius 2 is 1.11 bits per heavy atom. The van der Waals surface area contributed by atoms with Gasteiger partial charge in [0, 0.05) is 16.7 Å². The van der Waals surface area contributed by atoms with E-state index in [1.54, 1.807) is 18.4 Å². The monoisotopic (exact) mass is 538 g/mol. The Bertz CT molecular complexity index is 1560. The van der Waals surface area contributed by atoms with Crippen LogP contribution >= 0.6 is 28.3 Å². The smallest absolute Gasteiger partial charge is 0.195 e. The second-order valence-corrected chi connectivity index (χ2v) is 9.01. The minimum absolute atomic E-state index is 0. The van der Waals surface area contributed by atoms with Crippen LogP contribution in [0.5, 0.6) is 5.75 Å². The molecule has 0 unspecified atom stereocenters. The van der Waals surface area contributed by atoms with Crippen molar-refractivity contribution in [3.05, 3.63) is 115 Å². The molecule has 2 heterocycles. The van der Waals surface area contributed by atoms with Crippen LogP contribution in [0, 0.1) is 0 Å². The number of aromatic nitrogens is 2. The van der Waals surface area contributed by atoms with Gasteiger partial charge in [0.2, 0.25) is 0 Å². The summed E-state index contributed by atoms with van der Waals surface area (Å²) in [5.74, 6) is 0.843. The van der Waals surface area contributed by atoms with Gasteiger partial charge in [0.15, 0.2) is 4.96 Å². The Labute approximate surface area is 219 Å². The lowest BCUT2D eigenvalue weighted by Gasteiger charge is -2.11. The van der Waals surface area contributed by atoms with Crippen molar-refractivity contribution in [2.24, 2.45) is 0 Å². The maximum Gasteiger partial charge on any atom is 0.195 e. The molecule has 4 aromatic carbocycles. The van der Waals surface area contributed by atoms with Crippen molar-refractivity contribution in [3.63, 3.8) is 0 Å². The summed E-state index contributed by atoms with van der Waals surface area (Å²) in [7, 11) is 1.70. The molecule has 0 radical (unpaired) electrons. The predicted octanol–water partition coefficient (Wildman–Crippen LogP) is 8.65. The Hall–Kier alpha value is -3.67. The van der Waals surface area contributed by atoms with Gasteiger partial charge < -0.3 is 4.74 Å². The van der Waals surface area contributed by atoms with Gasteiger partial charge in [-0.05, 0) is 29.8 Å². The summed E-state index contributed by atoms with van der Waals surface area (Å²) < 4.78 is 7.75. The van der Waals surface area contributed by atoms with Crippen molar-refractivity contribution < 1.29 is 4.74 Å². The third kappa shape index (κ3) is 4.18. The van der Waals surface area contributed by atoms with Crippen LogP contribution in [0.4, 0.5) is 0 Å². The summed E-state index contributed by atoms with van der Waals surface area (Å²) in [5.41, 5.74) is 7.80. The number of imidazole rings is 1. The average Bonchev–Trinajstić information content (AvgIpc) is 3.47. The minimum Gasteiger partial charge on any atom is -0.497 e. The third-order valence-corrected chi connectivity index (χ3v) is 7.06. The first kappa shape index (κ1) is 23.1. The van der Waals surface area contributed by atoms with Crippen molar-refractivity contribution in [2.75, 3.05) is 7.11 Å². The number of thiazole rings is 1. The van der Waals surface area contributed by atoms with E-state index in [1.807, 2.05) is 18.2 Å². The number of hydrogen-bond donors (Lipinski definition) is 0. The minimum atomic E-state index is 0. The van der Waals surface area contributed by atoms with E-state index in [0.717, 1.165) is 44.5 Å². The lowest BCUT2D eigenvalue weighted by molar-refractivity contribution is 0.415. The SMILES string of the molecule is Br.COc1ccc(-c2c(-c3ccccc3)sc3nc(-c4ccccc4)c(-c4ccccc4)n23)cc1. The highest BCUT2D eigenvalue weighted by molar-refractivity contribution is 8.93. The standard InChI is InChI=1S/C30H22N2OS.BrH/c1-33-25-19-17-23(18-20-25)28-29(24-15-9-4-10-16-24)34-30-31-26(21-11-5-2-6-12-21)27(32(28)30)22-13-7-3-8-14-22;/h2-20H,1H3;1H. The van der Waals surface area contributed by atoms with Gasteiger partial charge in [0.05, 0.1) is 29.1 Å². The van der Waals surface area contributed by atoms with Gasteiger partial charge in [-0.15, -0.1) is 17.0 Å². The van der Waals surface area contributed by atoms with E-state index in [2.05, 4.69) is 101 Å². The first-order chi connectivity index (χ1) is 16.8. The average molecular weight is 539 g/mol. The van der Waals surface area contributed by atoms with E-state index in [0.29, 0.717) is 0 Å². The van der Waals surface area contributed by atoms with Crippen LogP contribution in [0.15, 0.2) is 115 Å². The molecule has 0 N–H and O–H groups in total. The maximum atomic E-state index is 5.43. The molecule has 0 saturated carbocycles. The van der Waals surface area contributed by atoms with Crippen LogP contribution in [-0.4, -0.2) is 16.5 Å². The van der Waals surface area contributed by atoms with E-state index in [9.17, 15) is 0 Å². The Morgan fingerprint density at radius 1 is 0.600 bits per heavy atom. The van der Waals surface area contributed by atoms with Crippen molar-refractivity contribution >= 4 is 33.3 Å². The van der Waals surface area contributed by atoms with E-state index in [-0.39, 0.29) is 17.0 Å². The number of fused-ring (bicyclic) bond motifs is 1. The molecule has 6 aromatic rings. The fourth-order valence-corrected chi connectivity index (χ4v) is 5.52. The van der Waals surface area contributed by atoms with Crippen molar-refractivity contribution in [3.8, 4) is 50.0 Å². The van der Waals surface area contributed by atoms with E-state index < -0.39 is 0 Å². The van der Waals surface area contributed by atoms with Gasteiger partial charge in [-0.1, -0.05) is 102 Å². The van der Waals surface area contributed by atoms with Gasteiger partial charge in [-0.25, -0.2) is 4.98 Å². The highest BCUT2D eigenvalue weighted by Crippen LogP contribution is 2.45. The summed E-state index contributed by atoms with van der Waals surface area (Å²) >= 11 is 1.73. The zero-order chi connectivity index (χ0) is 22.9. The number of methoxy groups -OCH3 is 1. The number of benzene rings is 4. The summed E-state index contributed by atoms with van der Waals surface area (Å²) in [6.07, 6.45) is 0. The van der Waals surface area contributed by atoms with Crippen LogP contribution in [0.2, 0.25) is 0 Å². The quantitative estimate of drug-likeness (QED) is 0.219. The van der Waals surface area contributed by atoms with Gasteiger partial charge >= 0.3 is 0 Å². The molecule has 0 aliphatic rings. The summed E-state index contributed by atoms with van der Waals surface area (Å²) in [6.45, 7) is 0. The zero-order valence-corrected chi connectivity index (χ0v) is 21.6. The number of hydrogen-bond acceptors (Lipinski definition) is 3. The topological polar surface area (TPSA) is 26.5 Å². The molecule has 0 aliphatic carbocycles. The van der Waals surface area contributed by atoms with Gasteiger partial charge in [0.1, 0.15) is 5.75 Å². The van der Waals surface area contributed by atoms with Crippen molar-refractivity contribution in [2.45, 2.75) is 0 Å². The molecule has 6 rings (SSSR count). The molecule has 0 aliphatic heterocycles. The number of rotatable bonds is 5. The molecule has 0 saturated heterocycles. The Kier molecular flexibility index (Phi) is 6.53. The lowest BCUT2D eigenvalue weighted by Crippen LogP contribution is -1.93. The van der Waals surface area contributed by atoms with Crippen LogP contribution in [0.3, 0.4) is 0 Å². The number of nitrogens with zero attached hydrogens (tertiary/aromatic N) is 2. The molecule has 0 spiro atoms. The molecule has 0 atom stereocenters. The first-order valence-electron chi connectivity index (χ1n) is 11.2. The molecule has 172 valence electrons. The molecule has 2 aromatic heterocycles. The number of halogens is 1. The van der Waals surface area contributed by atoms with E-state index in [4.69, 9.17) is 9.72 Å². The van der Waals surface area contributed by atoms with Crippen LogP contribution in [0.1, 0.15) is 0 Å². The lowest BCUT2D eigenvalue weighted by atomic mass is 10.0. The molecule has 5 heteroatoms. The van der Waals surface area contributed by atoms with E-state index >= 15 is 0 Å². The molecular formula is C30H23BrN2OS. The molecule has 3 nitrogen and oxygen atoms in total. The Morgan fingerprint density at radius 3 is 1.69 bits per heavy atom. The molecule has 35 heavy (non-hydrogen) atoms. The molecule has 0 fully saturated rings. The van der Waals surface area contributed by atoms with Crippen molar-refractivity contribution in [1.82, 2.24) is 9.38 Å². The molecule has 0 amide bonds. The fraction of sp³-hybridized carbons (Fsp3) is 0.0333. The van der Waals surface area contributed by atoms with Crippen LogP contribution < -0.4 is 4.74 Å². The number of ether oxygens (including phenoxy) is 1. The fourth-order valence-electron chi connectivity index (χ4n) is 4.37. The highest BCUT2D eigenvalue weighted by atomic mass is 79.9. The second-order valence-electron chi connectivity index (χ2n) is 8.03. The first-order valence-corrected chi connectivity index (χ1v) is 12.0. The van der Waals surface area contributed by atoms with E-state index in [1.165, 1.54) is 10.4 Å². The predicted molar refractivity (Wildman–Crippen MR) is 152 cm³/mol. The highest BCUT2D eigenvalue weighted by Gasteiger charge is 2.24. The Balaban J connectivity index is 0.00000253. The van der Waals surface area contributed by atoms with Crippen LogP contribution in [0.25, 0.3) is 49.2 Å². The van der Waals surface area contributed by atoms with Crippen molar-refractivity contribution in [1.29, 1.82) is 0 Å². The second kappa shape index (κ2) is 9.90. The van der Waals surface area contributed by atoms with Gasteiger partial charge in [-0.2, -0.15) is 0 Å². The maximum absolute atomic E-state index is 5.43. The largest absolute Gasteiger partial charge is 0.497 e.